The average molecular weight is 320 g/mol. The zero-order valence-electron chi connectivity index (χ0n) is 9.90. The summed E-state index contributed by atoms with van der Waals surface area (Å²) in [5.41, 5.74) is 9.88. The number of hydrogen-bond acceptors (Lipinski definition) is 2. The lowest BCUT2D eigenvalue weighted by Crippen LogP contribution is -2.18. The molecule has 1 unspecified atom stereocenters. The van der Waals surface area contributed by atoms with Crippen LogP contribution >= 0.6 is 27.7 Å². The summed E-state index contributed by atoms with van der Waals surface area (Å²) in [6.07, 6.45) is 1.21. The van der Waals surface area contributed by atoms with E-state index < -0.39 is 0 Å². The van der Waals surface area contributed by atoms with Crippen LogP contribution in [0, 0.1) is 0 Å². The largest absolute Gasteiger partial charge is 0.398 e. The van der Waals surface area contributed by atoms with Gasteiger partial charge in [-0.05, 0) is 41.7 Å². The highest BCUT2D eigenvalue weighted by Gasteiger charge is 2.25. The van der Waals surface area contributed by atoms with Crippen molar-refractivity contribution < 1.29 is 0 Å². The Balaban J connectivity index is 1.68. The number of thioether (sulfide) groups is 1. The number of benzene rings is 2. The molecular weight excluding hydrogens is 306 g/mol. The lowest BCUT2D eigenvalue weighted by molar-refractivity contribution is 0.677. The Kier molecular flexibility index (Phi) is 3.35. The van der Waals surface area contributed by atoms with E-state index in [4.69, 9.17) is 5.73 Å². The van der Waals surface area contributed by atoms with Gasteiger partial charge in [-0.25, -0.2) is 0 Å². The molecule has 1 aliphatic carbocycles. The van der Waals surface area contributed by atoms with Crippen molar-refractivity contribution in [3.8, 4) is 0 Å². The van der Waals surface area contributed by atoms with Crippen molar-refractivity contribution in [2.75, 3.05) is 11.5 Å². The van der Waals surface area contributed by atoms with Crippen LogP contribution in [0.4, 0.5) is 5.69 Å². The van der Waals surface area contributed by atoms with Gasteiger partial charge in [-0.1, -0.05) is 40.2 Å². The van der Waals surface area contributed by atoms with Gasteiger partial charge in [0.05, 0.1) is 0 Å². The molecule has 0 radical (unpaired) electrons. The molecule has 0 spiro atoms. The summed E-state index contributed by atoms with van der Waals surface area (Å²) < 4.78 is 1.09. The van der Waals surface area contributed by atoms with Crippen molar-refractivity contribution in [2.45, 2.75) is 17.2 Å². The molecule has 0 amide bonds. The van der Waals surface area contributed by atoms with Gasteiger partial charge in [0.25, 0.3) is 0 Å². The molecule has 3 heteroatoms. The lowest BCUT2D eigenvalue weighted by Gasteiger charge is -2.29. The first-order chi connectivity index (χ1) is 8.74. The topological polar surface area (TPSA) is 26.0 Å². The fourth-order valence-corrected chi connectivity index (χ4v) is 3.97. The highest BCUT2D eigenvalue weighted by molar-refractivity contribution is 9.10. The molecule has 0 fully saturated rings. The number of nitrogen functional groups attached to an aromatic ring is 1. The van der Waals surface area contributed by atoms with E-state index in [0.717, 1.165) is 15.9 Å². The van der Waals surface area contributed by atoms with E-state index in [-0.39, 0.29) is 0 Å². The number of nitrogens with two attached hydrogens (primary N) is 1. The minimum atomic E-state index is 0.685. The van der Waals surface area contributed by atoms with Crippen molar-refractivity contribution in [3.63, 3.8) is 0 Å². The summed E-state index contributed by atoms with van der Waals surface area (Å²) in [4.78, 5) is 1.17. The fraction of sp³-hybridized carbons (Fsp3) is 0.200. The Hall–Kier alpha value is -0.930. The van der Waals surface area contributed by atoms with E-state index in [1.807, 2.05) is 23.9 Å². The smallest absolute Gasteiger partial charge is 0.0453 e. The highest BCUT2D eigenvalue weighted by Crippen LogP contribution is 2.40. The molecule has 2 aromatic carbocycles. The zero-order chi connectivity index (χ0) is 12.5. The van der Waals surface area contributed by atoms with Crippen molar-refractivity contribution in [1.29, 1.82) is 0 Å². The summed E-state index contributed by atoms with van der Waals surface area (Å²) >= 11 is 5.35. The summed E-state index contributed by atoms with van der Waals surface area (Å²) in [7, 11) is 0. The number of rotatable bonds is 3. The van der Waals surface area contributed by atoms with Gasteiger partial charge in [0, 0.05) is 20.8 Å². The summed E-state index contributed by atoms with van der Waals surface area (Å²) in [6, 6.07) is 14.8. The maximum absolute atomic E-state index is 5.99. The third-order valence-electron chi connectivity index (χ3n) is 3.38. The molecule has 18 heavy (non-hydrogen) atoms. The Labute approximate surface area is 120 Å². The molecule has 0 aliphatic heterocycles. The van der Waals surface area contributed by atoms with Gasteiger partial charge in [0.15, 0.2) is 0 Å². The van der Waals surface area contributed by atoms with Crippen molar-refractivity contribution in [2.24, 2.45) is 0 Å². The Morgan fingerprint density at radius 1 is 1.22 bits per heavy atom. The second-order valence-electron chi connectivity index (χ2n) is 4.59. The van der Waals surface area contributed by atoms with Crippen molar-refractivity contribution in [3.05, 3.63) is 58.1 Å². The molecule has 3 rings (SSSR count). The van der Waals surface area contributed by atoms with Crippen LogP contribution in [-0.2, 0) is 6.42 Å². The van der Waals surface area contributed by atoms with Gasteiger partial charge >= 0.3 is 0 Å². The Morgan fingerprint density at radius 3 is 2.89 bits per heavy atom. The van der Waals surface area contributed by atoms with Crippen LogP contribution in [0.2, 0.25) is 0 Å². The van der Waals surface area contributed by atoms with Crippen LogP contribution in [0.3, 0.4) is 0 Å². The molecule has 0 saturated carbocycles. The van der Waals surface area contributed by atoms with Crippen LogP contribution in [0.5, 0.6) is 0 Å². The molecule has 2 N–H and O–H groups in total. The van der Waals surface area contributed by atoms with Gasteiger partial charge < -0.3 is 5.73 Å². The van der Waals surface area contributed by atoms with Gasteiger partial charge in [-0.3, -0.25) is 0 Å². The Morgan fingerprint density at radius 2 is 2.06 bits per heavy atom. The number of hydrogen-bond donors (Lipinski definition) is 1. The second-order valence-corrected chi connectivity index (χ2v) is 6.57. The van der Waals surface area contributed by atoms with E-state index in [2.05, 4.69) is 46.3 Å². The van der Waals surface area contributed by atoms with Gasteiger partial charge in [0.2, 0.25) is 0 Å². The first-order valence-electron chi connectivity index (χ1n) is 5.99. The Bertz CT molecular complexity index is 582. The standard InChI is InChI=1S/C15H14BrNS/c16-12-5-6-14(17)15(8-12)18-9-11-7-10-3-1-2-4-13(10)11/h1-6,8,11H,7,9,17H2. The quantitative estimate of drug-likeness (QED) is 0.667. The molecule has 1 aliphatic rings. The minimum absolute atomic E-state index is 0.685. The summed E-state index contributed by atoms with van der Waals surface area (Å²) in [5, 5.41) is 0. The van der Waals surface area contributed by atoms with Crippen LogP contribution < -0.4 is 5.73 Å². The molecule has 0 heterocycles. The van der Waals surface area contributed by atoms with Crippen LogP contribution in [0.25, 0.3) is 0 Å². The van der Waals surface area contributed by atoms with Crippen LogP contribution in [-0.4, -0.2) is 5.75 Å². The first-order valence-corrected chi connectivity index (χ1v) is 7.77. The highest BCUT2D eigenvalue weighted by atomic mass is 79.9. The minimum Gasteiger partial charge on any atom is -0.398 e. The first kappa shape index (κ1) is 12.1. The molecular formula is C15H14BrNS. The number of anilines is 1. The third kappa shape index (κ3) is 2.29. The van der Waals surface area contributed by atoms with Crippen molar-refractivity contribution in [1.82, 2.24) is 0 Å². The number of fused-ring (bicyclic) bond motifs is 1. The van der Waals surface area contributed by atoms with Gasteiger partial charge in [-0.2, -0.15) is 0 Å². The van der Waals surface area contributed by atoms with Crippen LogP contribution in [0.15, 0.2) is 51.8 Å². The zero-order valence-corrected chi connectivity index (χ0v) is 12.3. The predicted octanol–water partition coefficient (Wildman–Crippen LogP) is 4.46. The molecule has 2 aromatic rings. The monoisotopic (exact) mass is 319 g/mol. The predicted molar refractivity (Wildman–Crippen MR) is 82.2 cm³/mol. The molecule has 1 atom stereocenters. The summed E-state index contributed by atoms with van der Waals surface area (Å²) in [6.45, 7) is 0. The molecule has 0 aromatic heterocycles. The van der Waals surface area contributed by atoms with Crippen molar-refractivity contribution >= 4 is 33.4 Å². The van der Waals surface area contributed by atoms with E-state index in [1.165, 1.54) is 22.4 Å². The molecule has 1 nitrogen and oxygen atoms in total. The van der Waals surface area contributed by atoms with E-state index in [0.29, 0.717) is 5.92 Å². The molecule has 0 saturated heterocycles. The van der Waals surface area contributed by atoms with Crippen LogP contribution in [0.1, 0.15) is 17.0 Å². The molecule has 92 valence electrons. The van der Waals surface area contributed by atoms with Gasteiger partial charge in [0.1, 0.15) is 0 Å². The van der Waals surface area contributed by atoms with E-state index in [9.17, 15) is 0 Å². The van der Waals surface area contributed by atoms with E-state index in [1.54, 1.807) is 0 Å². The maximum atomic E-state index is 5.99. The molecule has 0 bridgehead atoms. The third-order valence-corrected chi connectivity index (χ3v) is 5.10. The second kappa shape index (κ2) is 4.98. The lowest BCUT2D eigenvalue weighted by atomic mass is 9.79. The van der Waals surface area contributed by atoms with Gasteiger partial charge in [-0.15, -0.1) is 11.8 Å². The fourth-order valence-electron chi connectivity index (χ4n) is 2.33. The average Bonchev–Trinajstić information content (AvgIpc) is 2.34. The van der Waals surface area contributed by atoms with E-state index >= 15 is 0 Å². The maximum Gasteiger partial charge on any atom is 0.0453 e. The normalized spacial score (nSPS) is 17.1. The SMILES string of the molecule is Nc1ccc(Br)cc1SCC1Cc2ccccc21. The number of halogens is 1. The summed E-state index contributed by atoms with van der Waals surface area (Å²) in [5.74, 6) is 1.79.